The Labute approximate surface area is 147 Å². The summed E-state index contributed by atoms with van der Waals surface area (Å²) in [5.41, 5.74) is 6.88. The predicted octanol–water partition coefficient (Wildman–Crippen LogP) is 3.24. The van der Waals surface area contributed by atoms with Gasteiger partial charge in [-0.1, -0.05) is 23.7 Å². The Morgan fingerprint density at radius 3 is 2.52 bits per heavy atom. The van der Waals surface area contributed by atoms with E-state index in [1.54, 1.807) is 24.3 Å². The van der Waals surface area contributed by atoms with Gasteiger partial charge in [-0.25, -0.2) is 0 Å². The summed E-state index contributed by atoms with van der Waals surface area (Å²) >= 11 is 12.4. The molecule has 0 aliphatic rings. The van der Waals surface area contributed by atoms with E-state index >= 15 is 0 Å². The standard InChI is InChI=1S/C15H14ClN3O2S2/c1-7-8(2)23-14(11(7)12(17)20)19-15(22)18-13(21)9-5-3-4-6-10(9)16/h3-6H,1-2H3,(H2,17,20)(H2,18,19,21,22). The monoisotopic (exact) mass is 367 g/mol. The van der Waals surface area contributed by atoms with Crippen molar-refractivity contribution in [2.45, 2.75) is 13.8 Å². The van der Waals surface area contributed by atoms with Crippen molar-refractivity contribution in [2.75, 3.05) is 5.32 Å². The third-order valence-electron chi connectivity index (χ3n) is 3.20. The summed E-state index contributed by atoms with van der Waals surface area (Å²) < 4.78 is 0. The molecule has 0 fully saturated rings. The topological polar surface area (TPSA) is 84.2 Å². The molecule has 1 heterocycles. The summed E-state index contributed by atoms with van der Waals surface area (Å²) in [6.07, 6.45) is 0. The number of thiophene rings is 1. The van der Waals surface area contributed by atoms with Crippen molar-refractivity contribution in [3.05, 3.63) is 50.9 Å². The second kappa shape index (κ2) is 7.08. The lowest BCUT2D eigenvalue weighted by Crippen LogP contribution is -2.34. The quantitative estimate of drug-likeness (QED) is 0.727. The van der Waals surface area contributed by atoms with Gasteiger partial charge < -0.3 is 11.1 Å². The highest BCUT2D eigenvalue weighted by molar-refractivity contribution is 7.80. The number of carbonyl (C=O) groups is 2. The van der Waals surface area contributed by atoms with E-state index in [9.17, 15) is 9.59 Å². The second-order valence-corrected chi connectivity index (χ2v) is 6.78. The van der Waals surface area contributed by atoms with E-state index in [4.69, 9.17) is 29.6 Å². The van der Waals surface area contributed by atoms with Gasteiger partial charge in [0.05, 0.1) is 16.1 Å². The first-order chi connectivity index (χ1) is 10.8. The average Bonchev–Trinajstić information content (AvgIpc) is 2.73. The maximum absolute atomic E-state index is 12.1. The fraction of sp³-hybridized carbons (Fsp3) is 0.133. The van der Waals surface area contributed by atoms with Crippen molar-refractivity contribution >= 4 is 57.1 Å². The molecule has 0 radical (unpaired) electrons. The van der Waals surface area contributed by atoms with Gasteiger partial charge in [-0.05, 0) is 43.8 Å². The number of halogens is 1. The number of rotatable bonds is 3. The summed E-state index contributed by atoms with van der Waals surface area (Å²) in [6, 6.07) is 6.64. The molecule has 0 atom stereocenters. The van der Waals surface area contributed by atoms with Crippen LogP contribution in [0.15, 0.2) is 24.3 Å². The van der Waals surface area contributed by atoms with Crippen LogP contribution in [-0.4, -0.2) is 16.9 Å². The summed E-state index contributed by atoms with van der Waals surface area (Å²) in [6.45, 7) is 3.69. The van der Waals surface area contributed by atoms with Gasteiger partial charge in [0, 0.05) is 4.88 Å². The summed E-state index contributed by atoms with van der Waals surface area (Å²) in [5, 5.41) is 6.29. The zero-order valence-electron chi connectivity index (χ0n) is 12.4. The molecule has 0 spiro atoms. The van der Waals surface area contributed by atoms with Gasteiger partial charge in [0.1, 0.15) is 5.00 Å². The molecule has 0 saturated carbocycles. The van der Waals surface area contributed by atoms with Crippen LogP contribution >= 0.6 is 35.2 Å². The van der Waals surface area contributed by atoms with Crippen molar-refractivity contribution in [2.24, 2.45) is 5.73 Å². The molecule has 0 aliphatic carbocycles. The Morgan fingerprint density at radius 2 is 1.91 bits per heavy atom. The number of nitrogens with one attached hydrogen (secondary N) is 2. The van der Waals surface area contributed by atoms with Gasteiger partial charge in [-0.3, -0.25) is 14.9 Å². The number of hydrogen-bond donors (Lipinski definition) is 3. The van der Waals surface area contributed by atoms with Crippen LogP contribution in [0.4, 0.5) is 5.00 Å². The van der Waals surface area contributed by atoms with Gasteiger partial charge in [0.15, 0.2) is 5.11 Å². The maximum Gasteiger partial charge on any atom is 0.258 e. The Bertz CT molecular complexity index is 802. The normalized spacial score (nSPS) is 10.2. The molecule has 2 rings (SSSR count). The third-order valence-corrected chi connectivity index (χ3v) is 4.86. The van der Waals surface area contributed by atoms with E-state index in [1.165, 1.54) is 11.3 Å². The van der Waals surface area contributed by atoms with Crippen molar-refractivity contribution < 1.29 is 9.59 Å². The van der Waals surface area contributed by atoms with Crippen molar-refractivity contribution in [1.29, 1.82) is 0 Å². The molecule has 8 heteroatoms. The van der Waals surface area contributed by atoms with Crippen molar-refractivity contribution in [1.82, 2.24) is 5.32 Å². The minimum Gasteiger partial charge on any atom is -0.365 e. The predicted molar refractivity (Wildman–Crippen MR) is 97.4 cm³/mol. The molecule has 1 aromatic heterocycles. The number of primary amides is 1. The largest absolute Gasteiger partial charge is 0.365 e. The molecule has 23 heavy (non-hydrogen) atoms. The molecule has 5 nitrogen and oxygen atoms in total. The minimum absolute atomic E-state index is 0.0682. The van der Waals surface area contributed by atoms with Crippen LogP contribution in [0.1, 0.15) is 31.2 Å². The molecule has 0 saturated heterocycles. The summed E-state index contributed by atoms with van der Waals surface area (Å²) in [7, 11) is 0. The van der Waals surface area contributed by atoms with E-state index < -0.39 is 11.8 Å². The molecule has 0 bridgehead atoms. The molecular formula is C15H14ClN3O2S2. The highest BCUT2D eigenvalue weighted by Crippen LogP contribution is 2.31. The van der Waals surface area contributed by atoms with E-state index in [0.717, 1.165) is 10.4 Å². The summed E-state index contributed by atoms with van der Waals surface area (Å²) in [5.74, 6) is -0.978. The first kappa shape index (κ1) is 17.4. The lowest BCUT2D eigenvalue weighted by Gasteiger charge is -2.10. The highest BCUT2D eigenvalue weighted by atomic mass is 35.5. The van der Waals surface area contributed by atoms with Gasteiger partial charge in [-0.2, -0.15) is 0 Å². The minimum atomic E-state index is -0.547. The molecule has 1 aromatic carbocycles. The Kier molecular flexibility index (Phi) is 5.35. The van der Waals surface area contributed by atoms with E-state index in [1.807, 2.05) is 13.8 Å². The van der Waals surface area contributed by atoms with Crippen molar-refractivity contribution in [3.63, 3.8) is 0 Å². The van der Waals surface area contributed by atoms with Crippen LogP contribution < -0.4 is 16.4 Å². The second-order valence-electron chi connectivity index (χ2n) is 4.74. The third kappa shape index (κ3) is 3.87. The first-order valence-corrected chi connectivity index (χ1v) is 8.18. The van der Waals surface area contributed by atoms with Crippen LogP contribution in [-0.2, 0) is 0 Å². The first-order valence-electron chi connectivity index (χ1n) is 6.58. The zero-order valence-corrected chi connectivity index (χ0v) is 14.8. The highest BCUT2D eigenvalue weighted by Gasteiger charge is 2.19. The SMILES string of the molecule is Cc1sc(NC(=S)NC(=O)c2ccccc2Cl)c(C(N)=O)c1C. The van der Waals surface area contributed by atoms with E-state index in [0.29, 0.717) is 21.2 Å². The maximum atomic E-state index is 12.1. The van der Waals surface area contributed by atoms with Crippen molar-refractivity contribution in [3.8, 4) is 0 Å². The van der Waals surface area contributed by atoms with Crippen LogP contribution in [0, 0.1) is 13.8 Å². The molecule has 2 aromatic rings. The molecule has 4 N–H and O–H groups in total. The zero-order chi connectivity index (χ0) is 17.1. The fourth-order valence-corrected chi connectivity index (χ4v) is 3.51. The number of aryl methyl sites for hydroxylation is 1. The van der Waals surface area contributed by atoms with E-state index in [-0.39, 0.29) is 5.11 Å². The molecular weight excluding hydrogens is 354 g/mol. The van der Waals surface area contributed by atoms with Crippen LogP contribution in [0.25, 0.3) is 0 Å². The molecule has 2 amide bonds. The molecule has 0 unspecified atom stereocenters. The summed E-state index contributed by atoms with van der Waals surface area (Å²) in [4.78, 5) is 24.7. The molecule has 120 valence electrons. The number of hydrogen-bond acceptors (Lipinski definition) is 4. The number of carbonyl (C=O) groups excluding carboxylic acids is 2. The Balaban J connectivity index is 2.15. The molecule has 0 aliphatic heterocycles. The Morgan fingerprint density at radius 1 is 1.26 bits per heavy atom. The van der Waals surface area contributed by atoms with E-state index in [2.05, 4.69) is 10.6 Å². The van der Waals surface area contributed by atoms with Crippen LogP contribution in [0.3, 0.4) is 0 Å². The van der Waals surface area contributed by atoms with Crippen LogP contribution in [0.5, 0.6) is 0 Å². The smallest absolute Gasteiger partial charge is 0.258 e. The lowest BCUT2D eigenvalue weighted by atomic mass is 10.1. The van der Waals surface area contributed by atoms with Crippen LogP contribution in [0.2, 0.25) is 5.02 Å². The number of benzene rings is 1. The number of nitrogens with two attached hydrogens (primary N) is 1. The number of amides is 2. The average molecular weight is 368 g/mol. The lowest BCUT2D eigenvalue weighted by molar-refractivity contribution is 0.0975. The number of anilines is 1. The Hall–Kier alpha value is -1.96. The van der Waals surface area contributed by atoms with Gasteiger partial charge in [0.25, 0.3) is 11.8 Å². The van der Waals surface area contributed by atoms with Gasteiger partial charge >= 0.3 is 0 Å². The van der Waals surface area contributed by atoms with Gasteiger partial charge in [-0.15, -0.1) is 11.3 Å². The van der Waals surface area contributed by atoms with Gasteiger partial charge in [0.2, 0.25) is 0 Å². The number of thiocarbonyl (C=S) groups is 1. The fourth-order valence-electron chi connectivity index (χ4n) is 1.96.